The molecule has 6 nitrogen and oxygen atoms in total. The highest BCUT2D eigenvalue weighted by Crippen LogP contribution is 2.76. The van der Waals surface area contributed by atoms with Gasteiger partial charge in [0.1, 0.15) is 11.2 Å². The monoisotopic (exact) mass is 432 g/mol. The number of hydrogen-bond acceptors (Lipinski definition) is 6. The molecule has 1 spiro atoms. The van der Waals surface area contributed by atoms with Gasteiger partial charge in [-0.25, -0.2) is 4.39 Å². The van der Waals surface area contributed by atoms with E-state index in [4.69, 9.17) is 9.47 Å². The third-order valence-electron chi connectivity index (χ3n) is 9.44. The summed E-state index contributed by atoms with van der Waals surface area (Å²) in [6, 6.07) is 0. The van der Waals surface area contributed by atoms with Gasteiger partial charge < -0.3 is 14.6 Å². The number of ether oxygens (including phenoxy) is 2. The largest absolute Gasteiger partial charge is 0.458 e. The van der Waals surface area contributed by atoms with Crippen molar-refractivity contribution in [1.29, 1.82) is 0 Å². The average Bonchev–Trinajstić information content (AvgIpc) is 3.39. The molecule has 7 heteroatoms. The molecule has 2 unspecified atom stereocenters. The van der Waals surface area contributed by atoms with Crippen molar-refractivity contribution in [3.63, 3.8) is 0 Å². The van der Waals surface area contributed by atoms with Gasteiger partial charge in [0, 0.05) is 17.8 Å². The Bertz CT molecular complexity index is 969. The summed E-state index contributed by atoms with van der Waals surface area (Å²) in [6.45, 7) is 6.58. The SMILES string of the molecule is CC(=O)OCC(=O)[C@@]1(O)[C@@H](C)C[C@H]2[C@@H]3CCC4=C(F)C(=O)C=C[C@]4(C)C34OC4C[C@@]21C. The van der Waals surface area contributed by atoms with Gasteiger partial charge in [-0.1, -0.05) is 19.9 Å². The van der Waals surface area contributed by atoms with Gasteiger partial charge in [0.2, 0.25) is 11.6 Å². The zero-order chi connectivity index (χ0) is 22.6. The summed E-state index contributed by atoms with van der Waals surface area (Å²) >= 11 is 0. The summed E-state index contributed by atoms with van der Waals surface area (Å²) in [5.41, 5.74) is -3.14. The van der Waals surface area contributed by atoms with E-state index < -0.39 is 52.0 Å². The van der Waals surface area contributed by atoms with Gasteiger partial charge in [-0.05, 0) is 62.0 Å². The number of hydrogen-bond donors (Lipinski definition) is 1. The number of ketones is 2. The molecule has 8 atom stereocenters. The Labute approximate surface area is 180 Å². The summed E-state index contributed by atoms with van der Waals surface area (Å²) < 4.78 is 26.1. The number of carbonyl (C=O) groups excluding carboxylic acids is 3. The van der Waals surface area contributed by atoms with Crippen LogP contribution in [-0.4, -0.2) is 46.6 Å². The van der Waals surface area contributed by atoms with Crippen molar-refractivity contribution in [2.75, 3.05) is 6.61 Å². The second kappa shape index (κ2) is 6.13. The molecule has 0 bridgehead atoms. The zero-order valence-electron chi connectivity index (χ0n) is 18.4. The van der Waals surface area contributed by atoms with Crippen LogP contribution >= 0.6 is 0 Å². The minimum atomic E-state index is -1.62. The van der Waals surface area contributed by atoms with Crippen LogP contribution in [0, 0.1) is 28.6 Å². The number of carbonyl (C=O) groups is 3. The van der Waals surface area contributed by atoms with Crippen molar-refractivity contribution in [2.45, 2.75) is 70.7 Å². The minimum absolute atomic E-state index is 0.00000709. The van der Waals surface area contributed by atoms with Crippen LogP contribution in [0.3, 0.4) is 0 Å². The fraction of sp³-hybridized carbons (Fsp3) is 0.708. The molecule has 4 fully saturated rings. The normalized spacial score (nSPS) is 49.7. The fourth-order valence-corrected chi connectivity index (χ4v) is 7.93. The van der Waals surface area contributed by atoms with Gasteiger partial charge in [0.15, 0.2) is 12.4 Å². The summed E-state index contributed by atoms with van der Waals surface area (Å²) in [5, 5.41) is 11.8. The van der Waals surface area contributed by atoms with Gasteiger partial charge in [0.05, 0.1) is 6.10 Å². The van der Waals surface area contributed by atoms with Crippen LogP contribution in [0.15, 0.2) is 23.6 Å². The third-order valence-corrected chi connectivity index (χ3v) is 9.44. The lowest BCUT2D eigenvalue weighted by Gasteiger charge is -2.55. The average molecular weight is 432 g/mol. The Balaban J connectivity index is 1.54. The maximum Gasteiger partial charge on any atom is 0.303 e. The smallest absolute Gasteiger partial charge is 0.303 e. The van der Waals surface area contributed by atoms with E-state index in [9.17, 15) is 23.9 Å². The van der Waals surface area contributed by atoms with E-state index in [1.165, 1.54) is 13.0 Å². The molecule has 4 aliphatic carbocycles. The van der Waals surface area contributed by atoms with Gasteiger partial charge >= 0.3 is 5.97 Å². The molecule has 0 aromatic carbocycles. The highest BCUT2D eigenvalue weighted by Gasteiger charge is 2.82. The van der Waals surface area contributed by atoms with Gasteiger partial charge in [0.25, 0.3) is 0 Å². The highest BCUT2D eigenvalue weighted by molar-refractivity contribution is 6.04. The Morgan fingerprint density at radius 1 is 1.32 bits per heavy atom. The number of rotatable bonds is 3. The lowest BCUT2D eigenvalue weighted by atomic mass is 9.46. The maximum atomic E-state index is 14.8. The molecular formula is C24H29FO6. The number of fused-ring (bicyclic) bond motifs is 3. The third kappa shape index (κ3) is 2.26. The van der Waals surface area contributed by atoms with Crippen LogP contribution in [-0.2, 0) is 23.9 Å². The molecule has 5 aliphatic rings. The van der Waals surface area contributed by atoms with Gasteiger partial charge in [-0.2, -0.15) is 0 Å². The highest BCUT2D eigenvalue weighted by atomic mass is 19.1. The van der Waals surface area contributed by atoms with Crippen LogP contribution in [0.25, 0.3) is 0 Å². The van der Waals surface area contributed by atoms with E-state index in [1.807, 2.05) is 20.8 Å². The molecule has 1 N–H and O–H groups in total. The Morgan fingerprint density at radius 3 is 2.71 bits per heavy atom. The first kappa shape index (κ1) is 21.0. The molecule has 1 heterocycles. The van der Waals surface area contributed by atoms with Crippen LogP contribution < -0.4 is 0 Å². The van der Waals surface area contributed by atoms with Crippen molar-refractivity contribution >= 4 is 17.5 Å². The lowest BCUT2D eigenvalue weighted by molar-refractivity contribution is -0.170. The number of aliphatic hydroxyl groups is 1. The van der Waals surface area contributed by atoms with Gasteiger partial charge in [-0.15, -0.1) is 0 Å². The van der Waals surface area contributed by atoms with E-state index in [0.717, 1.165) is 0 Å². The topological polar surface area (TPSA) is 93.2 Å². The Morgan fingerprint density at radius 2 is 2.03 bits per heavy atom. The fourth-order valence-electron chi connectivity index (χ4n) is 7.93. The summed E-state index contributed by atoms with van der Waals surface area (Å²) in [6.07, 6.45) is 5.11. The zero-order valence-corrected chi connectivity index (χ0v) is 18.4. The Hall–Kier alpha value is -1.86. The first-order chi connectivity index (χ1) is 14.4. The van der Waals surface area contributed by atoms with E-state index in [1.54, 1.807) is 6.08 Å². The molecule has 1 saturated heterocycles. The van der Waals surface area contributed by atoms with Crippen LogP contribution in [0.5, 0.6) is 0 Å². The first-order valence-electron chi connectivity index (χ1n) is 11.1. The molecular weight excluding hydrogens is 403 g/mol. The molecule has 0 aromatic rings. The van der Waals surface area contributed by atoms with Crippen LogP contribution in [0.2, 0.25) is 0 Å². The second-order valence-electron chi connectivity index (χ2n) is 10.6. The van der Waals surface area contributed by atoms with Crippen molar-refractivity contribution < 1.29 is 33.4 Å². The number of halogens is 1. The summed E-state index contributed by atoms with van der Waals surface area (Å²) in [7, 11) is 0. The van der Waals surface area contributed by atoms with Crippen LogP contribution in [0.4, 0.5) is 4.39 Å². The molecule has 31 heavy (non-hydrogen) atoms. The summed E-state index contributed by atoms with van der Waals surface area (Å²) in [5.74, 6) is -2.53. The van der Waals surface area contributed by atoms with E-state index in [0.29, 0.717) is 31.3 Å². The number of epoxide rings is 1. The van der Waals surface area contributed by atoms with Crippen LogP contribution in [0.1, 0.15) is 53.4 Å². The minimum Gasteiger partial charge on any atom is -0.458 e. The summed E-state index contributed by atoms with van der Waals surface area (Å²) in [4.78, 5) is 36.3. The molecule has 0 amide bonds. The van der Waals surface area contributed by atoms with Crippen molar-refractivity contribution in [3.05, 3.63) is 23.6 Å². The second-order valence-corrected chi connectivity index (χ2v) is 10.6. The molecule has 0 aromatic heterocycles. The van der Waals surface area contributed by atoms with E-state index in [-0.39, 0.29) is 23.9 Å². The lowest BCUT2D eigenvalue weighted by Crippen LogP contribution is -2.62. The number of Topliss-reactive ketones (excluding diaryl/α,β-unsaturated/α-hetero) is 1. The Kier molecular flexibility index (Phi) is 4.16. The molecule has 168 valence electrons. The predicted octanol–water partition coefficient (Wildman–Crippen LogP) is 2.83. The predicted molar refractivity (Wildman–Crippen MR) is 107 cm³/mol. The van der Waals surface area contributed by atoms with E-state index >= 15 is 0 Å². The van der Waals surface area contributed by atoms with Crippen molar-refractivity contribution in [1.82, 2.24) is 0 Å². The molecule has 0 radical (unpaired) electrons. The molecule has 1 aliphatic heterocycles. The van der Waals surface area contributed by atoms with Crippen molar-refractivity contribution in [3.8, 4) is 0 Å². The molecule has 3 saturated carbocycles. The van der Waals surface area contributed by atoms with Gasteiger partial charge in [-0.3, -0.25) is 14.4 Å². The number of esters is 1. The van der Waals surface area contributed by atoms with Crippen molar-refractivity contribution in [2.24, 2.45) is 28.6 Å². The van der Waals surface area contributed by atoms with E-state index in [2.05, 4.69) is 0 Å². The quantitative estimate of drug-likeness (QED) is 0.545. The molecule has 5 rings (SSSR count). The standard InChI is InChI=1S/C24H29FO6/c1-12-9-16-14-5-6-15-20(25)17(27)7-8-21(15,3)24(14)19(31-24)10-22(16,4)23(12,29)18(28)11-30-13(2)26/h7-8,12,14,16,19,29H,5-6,9-11H2,1-4H3/t12-,14-,16-,19?,21-,22-,23-,24?/m0/s1. The first-order valence-corrected chi connectivity index (χ1v) is 11.1. The number of allylic oxidation sites excluding steroid dienone is 2. The maximum absolute atomic E-state index is 14.8.